The number of carbonyl (C=O) groups excluding carboxylic acids is 1. The lowest BCUT2D eigenvalue weighted by molar-refractivity contribution is 0.0433. The summed E-state index contributed by atoms with van der Waals surface area (Å²) in [5.41, 5.74) is 3.85. The van der Waals surface area contributed by atoms with Gasteiger partial charge in [0.05, 0.1) is 18.9 Å². The number of carbonyl (C=O) groups is 1. The molecular weight excluding hydrogens is 258 g/mol. The maximum Gasteiger partial charge on any atom is 0.376 e. The van der Waals surface area contributed by atoms with Crippen molar-refractivity contribution in [2.45, 2.75) is 33.7 Å². The van der Waals surface area contributed by atoms with Crippen LogP contribution in [0.25, 0.3) is 0 Å². The Morgan fingerprint density at radius 3 is 2.85 bits per heavy atom. The van der Waals surface area contributed by atoms with Crippen molar-refractivity contribution >= 4 is 5.97 Å². The molecule has 0 bridgehead atoms. The van der Waals surface area contributed by atoms with Crippen LogP contribution in [0.2, 0.25) is 0 Å². The maximum atomic E-state index is 11.9. The lowest BCUT2D eigenvalue weighted by Gasteiger charge is -2.05. The van der Waals surface area contributed by atoms with Crippen molar-refractivity contribution in [3.8, 4) is 0 Å². The Kier molecular flexibility index (Phi) is 3.28. The van der Waals surface area contributed by atoms with Crippen LogP contribution < -0.4 is 0 Å². The molecule has 0 spiro atoms. The molecule has 1 aromatic heterocycles. The van der Waals surface area contributed by atoms with Crippen molar-refractivity contribution < 1.29 is 18.7 Å². The first-order chi connectivity index (χ1) is 9.63. The van der Waals surface area contributed by atoms with Gasteiger partial charge in [-0.3, -0.25) is 0 Å². The normalized spacial score (nSPS) is 13.3. The summed E-state index contributed by atoms with van der Waals surface area (Å²) in [7, 11) is 0. The summed E-state index contributed by atoms with van der Waals surface area (Å²) in [5.74, 6) is 0.149. The van der Waals surface area contributed by atoms with E-state index in [1.165, 1.54) is 5.56 Å². The van der Waals surface area contributed by atoms with Crippen molar-refractivity contribution in [3.63, 3.8) is 0 Å². The smallest absolute Gasteiger partial charge is 0.376 e. The van der Waals surface area contributed by atoms with Crippen LogP contribution in [0.3, 0.4) is 0 Å². The molecule has 2 heterocycles. The molecular formula is C15H15NO4. The Labute approximate surface area is 116 Å². The van der Waals surface area contributed by atoms with Gasteiger partial charge >= 0.3 is 5.97 Å². The Morgan fingerprint density at radius 1 is 1.30 bits per heavy atom. The van der Waals surface area contributed by atoms with Crippen LogP contribution in [0.5, 0.6) is 0 Å². The molecule has 104 valence electrons. The number of aryl methyl sites for hydroxylation is 2. The van der Waals surface area contributed by atoms with Gasteiger partial charge in [-0.2, -0.15) is 0 Å². The average Bonchev–Trinajstić information content (AvgIpc) is 3.01. The second-order valence-corrected chi connectivity index (χ2v) is 4.82. The number of nitrogens with zero attached hydrogens (tertiary/aromatic N) is 1. The van der Waals surface area contributed by atoms with Crippen LogP contribution in [0.1, 0.15) is 38.8 Å². The number of esters is 1. The summed E-state index contributed by atoms with van der Waals surface area (Å²) in [5, 5.41) is 0. The standard InChI is InChI=1S/C15H15NO4/c1-9-14(20-10(2)16-9)15(17)19-6-11-3-4-12-7-18-8-13(12)5-11/h3-5H,6-8H2,1-2H3. The topological polar surface area (TPSA) is 61.6 Å². The third-order valence-corrected chi connectivity index (χ3v) is 3.24. The molecule has 20 heavy (non-hydrogen) atoms. The summed E-state index contributed by atoms with van der Waals surface area (Å²) in [4.78, 5) is 16.0. The highest BCUT2D eigenvalue weighted by Gasteiger charge is 2.18. The number of benzene rings is 1. The fraction of sp³-hybridized carbons (Fsp3) is 0.333. The molecule has 0 aliphatic carbocycles. The van der Waals surface area contributed by atoms with E-state index in [1.54, 1.807) is 13.8 Å². The van der Waals surface area contributed by atoms with E-state index in [0.29, 0.717) is 24.8 Å². The summed E-state index contributed by atoms with van der Waals surface area (Å²) < 4.78 is 15.8. The van der Waals surface area contributed by atoms with Gasteiger partial charge in [0.15, 0.2) is 5.89 Å². The van der Waals surface area contributed by atoms with Crippen molar-refractivity contribution in [2.75, 3.05) is 0 Å². The molecule has 0 amide bonds. The highest BCUT2D eigenvalue weighted by atomic mass is 16.5. The molecule has 0 unspecified atom stereocenters. The highest BCUT2D eigenvalue weighted by Crippen LogP contribution is 2.21. The van der Waals surface area contributed by atoms with Gasteiger partial charge in [-0.15, -0.1) is 0 Å². The SMILES string of the molecule is Cc1nc(C)c(C(=O)OCc2ccc3c(c2)COC3)o1. The van der Waals surface area contributed by atoms with Crippen LogP contribution in [-0.2, 0) is 29.3 Å². The van der Waals surface area contributed by atoms with E-state index in [0.717, 1.165) is 11.1 Å². The molecule has 0 saturated heterocycles. The quantitative estimate of drug-likeness (QED) is 0.804. The van der Waals surface area contributed by atoms with Crippen LogP contribution in [-0.4, -0.2) is 11.0 Å². The first-order valence-electron chi connectivity index (χ1n) is 6.43. The van der Waals surface area contributed by atoms with Crippen molar-refractivity contribution in [3.05, 3.63) is 52.2 Å². The van der Waals surface area contributed by atoms with Gasteiger partial charge in [-0.25, -0.2) is 9.78 Å². The van der Waals surface area contributed by atoms with Crippen LogP contribution in [0.15, 0.2) is 22.6 Å². The number of fused-ring (bicyclic) bond motifs is 1. The lowest BCUT2D eigenvalue weighted by atomic mass is 10.1. The predicted octanol–water partition coefficient (Wildman–Crippen LogP) is 2.68. The van der Waals surface area contributed by atoms with E-state index in [9.17, 15) is 4.79 Å². The molecule has 2 aromatic rings. The predicted molar refractivity (Wildman–Crippen MR) is 70.0 cm³/mol. The number of hydrogen-bond acceptors (Lipinski definition) is 5. The third kappa shape index (κ3) is 2.44. The van der Waals surface area contributed by atoms with E-state index >= 15 is 0 Å². The Morgan fingerprint density at radius 2 is 2.10 bits per heavy atom. The molecule has 0 atom stereocenters. The van der Waals surface area contributed by atoms with Crippen molar-refractivity contribution in [2.24, 2.45) is 0 Å². The van der Waals surface area contributed by atoms with E-state index in [4.69, 9.17) is 13.9 Å². The number of rotatable bonds is 3. The second kappa shape index (κ2) is 5.09. The fourth-order valence-corrected chi connectivity index (χ4v) is 2.25. The van der Waals surface area contributed by atoms with Crippen LogP contribution >= 0.6 is 0 Å². The molecule has 1 aliphatic heterocycles. The summed E-state index contributed by atoms with van der Waals surface area (Å²) in [6.45, 7) is 4.92. The zero-order valence-corrected chi connectivity index (χ0v) is 11.4. The Hall–Kier alpha value is -2.14. The van der Waals surface area contributed by atoms with Crippen molar-refractivity contribution in [1.29, 1.82) is 0 Å². The zero-order chi connectivity index (χ0) is 14.1. The van der Waals surface area contributed by atoms with Gasteiger partial charge < -0.3 is 13.9 Å². The minimum absolute atomic E-state index is 0.173. The largest absolute Gasteiger partial charge is 0.455 e. The Bertz CT molecular complexity index is 660. The van der Waals surface area contributed by atoms with Gasteiger partial charge in [-0.1, -0.05) is 12.1 Å². The van der Waals surface area contributed by atoms with Gasteiger partial charge in [0.2, 0.25) is 5.76 Å². The number of oxazole rings is 1. The second-order valence-electron chi connectivity index (χ2n) is 4.82. The molecule has 3 rings (SSSR count). The molecule has 0 fully saturated rings. The molecule has 1 aliphatic rings. The summed E-state index contributed by atoms with van der Waals surface area (Å²) in [6.07, 6.45) is 0. The molecule has 1 aromatic carbocycles. The van der Waals surface area contributed by atoms with Crippen LogP contribution in [0.4, 0.5) is 0 Å². The van der Waals surface area contributed by atoms with Gasteiger partial charge in [0.25, 0.3) is 0 Å². The highest BCUT2D eigenvalue weighted by molar-refractivity contribution is 5.87. The van der Waals surface area contributed by atoms with Gasteiger partial charge in [0, 0.05) is 6.92 Å². The van der Waals surface area contributed by atoms with Crippen molar-refractivity contribution in [1.82, 2.24) is 4.98 Å². The molecule has 5 heteroatoms. The summed E-state index contributed by atoms with van der Waals surface area (Å²) >= 11 is 0. The van der Waals surface area contributed by atoms with Crippen LogP contribution in [0, 0.1) is 13.8 Å². The minimum atomic E-state index is -0.486. The minimum Gasteiger partial charge on any atom is -0.455 e. The van der Waals surface area contributed by atoms with E-state index in [2.05, 4.69) is 4.98 Å². The monoisotopic (exact) mass is 273 g/mol. The van der Waals surface area contributed by atoms with Gasteiger partial charge in [0.1, 0.15) is 6.61 Å². The fourth-order valence-electron chi connectivity index (χ4n) is 2.25. The molecule has 5 nitrogen and oxygen atoms in total. The van der Waals surface area contributed by atoms with E-state index < -0.39 is 5.97 Å². The molecule has 0 N–H and O–H groups in total. The number of hydrogen-bond donors (Lipinski definition) is 0. The molecule has 0 saturated carbocycles. The van der Waals surface area contributed by atoms with Gasteiger partial charge in [-0.05, 0) is 29.7 Å². The number of ether oxygens (including phenoxy) is 2. The average molecular weight is 273 g/mol. The molecule has 0 radical (unpaired) electrons. The summed E-state index contributed by atoms with van der Waals surface area (Å²) in [6, 6.07) is 5.96. The Balaban J connectivity index is 1.67. The van der Waals surface area contributed by atoms with E-state index in [-0.39, 0.29) is 12.4 Å². The van der Waals surface area contributed by atoms with E-state index in [1.807, 2.05) is 18.2 Å². The lowest BCUT2D eigenvalue weighted by Crippen LogP contribution is -2.06. The first-order valence-corrected chi connectivity index (χ1v) is 6.43. The zero-order valence-electron chi connectivity index (χ0n) is 11.4. The third-order valence-electron chi connectivity index (χ3n) is 3.24. The maximum absolute atomic E-state index is 11.9. The number of aromatic nitrogens is 1. The first kappa shape index (κ1) is 12.9.